The van der Waals surface area contributed by atoms with Crippen molar-refractivity contribution in [3.63, 3.8) is 0 Å². The second-order valence-corrected chi connectivity index (χ2v) is 8.32. The molecule has 0 bridgehead atoms. The van der Waals surface area contributed by atoms with Gasteiger partial charge in [0.05, 0.1) is 12.0 Å². The highest BCUT2D eigenvalue weighted by atomic mass is 32.1. The molecule has 3 aromatic rings. The van der Waals surface area contributed by atoms with Crippen LogP contribution >= 0.6 is 11.3 Å². The topological polar surface area (TPSA) is 98.7 Å². The molecular weight excluding hydrogens is 414 g/mol. The Balaban J connectivity index is 1.26. The second-order valence-electron chi connectivity index (χ2n) is 7.37. The number of nitrogens with one attached hydrogen (secondary N) is 1. The Morgan fingerprint density at radius 3 is 2.32 bits per heavy atom. The van der Waals surface area contributed by atoms with E-state index in [0.29, 0.717) is 17.1 Å². The number of carbonyl (C=O) groups is 2. The second kappa shape index (κ2) is 9.67. The van der Waals surface area contributed by atoms with Crippen molar-refractivity contribution < 1.29 is 14.7 Å². The molecule has 9 heteroatoms. The molecule has 1 fully saturated rings. The number of nitrogens with zero attached hydrogens (tertiary/aromatic N) is 4. The van der Waals surface area contributed by atoms with Crippen molar-refractivity contribution >= 4 is 33.5 Å². The molecule has 1 aromatic heterocycles. The molecule has 31 heavy (non-hydrogen) atoms. The minimum absolute atomic E-state index is 0.104. The fourth-order valence-corrected chi connectivity index (χ4v) is 4.26. The van der Waals surface area contributed by atoms with Gasteiger partial charge in [-0.25, -0.2) is 4.79 Å². The lowest BCUT2D eigenvalue weighted by Crippen LogP contribution is -2.45. The van der Waals surface area contributed by atoms with Gasteiger partial charge >= 0.3 is 5.97 Å². The quantitative estimate of drug-likeness (QED) is 0.586. The summed E-state index contributed by atoms with van der Waals surface area (Å²) < 4.78 is 0. The van der Waals surface area contributed by atoms with E-state index >= 15 is 0 Å². The van der Waals surface area contributed by atoms with Crippen LogP contribution < -0.4 is 10.2 Å². The molecule has 1 amide bonds. The molecule has 0 saturated carbocycles. The fourth-order valence-electron chi connectivity index (χ4n) is 3.45. The van der Waals surface area contributed by atoms with Gasteiger partial charge in [-0.1, -0.05) is 53.8 Å². The van der Waals surface area contributed by atoms with Crippen LogP contribution in [0.25, 0.3) is 0 Å². The molecule has 2 heterocycles. The van der Waals surface area contributed by atoms with Gasteiger partial charge < -0.3 is 15.3 Å². The molecule has 0 spiro atoms. The number of hydrogen-bond donors (Lipinski definition) is 2. The average molecular weight is 438 g/mol. The lowest BCUT2D eigenvalue weighted by molar-refractivity contribution is -0.115. The predicted octanol–water partition coefficient (Wildman–Crippen LogP) is 2.74. The number of benzene rings is 2. The highest BCUT2D eigenvalue weighted by Crippen LogP contribution is 2.25. The third kappa shape index (κ3) is 5.65. The summed E-state index contributed by atoms with van der Waals surface area (Å²) in [6.45, 7) is 4.16. The minimum Gasteiger partial charge on any atom is -0.478 e. The van der Waals surface area contributed by atoms with Crippen molar-refractivity contribution in [2.45, 2.75) is 13.0 Å². The molecule has 1 saturated heterocycles. The third-order valence-electron chi connectivity index (χ3n) is 5.12. The minimum atomic E-state index is -0.909. The van der Waals surface area contributed by atoms with E-state index in [0.717, 1.165) is 49.0 Å². The van der Waals surface area contributed by atoms with Crippen LogP contribution in [0.3, 0.4) is 0 Å². The van der Waals surface area contributed by atoms with Gasteiger partial charge in [0, 0.05) is 32.7 Å². The number of amides is 1. The predicted molar refractivity (Wildman–Crippen MR) is 120 cm³/mol. The first-order chi connectivity index (χ1) is 15.1. The zero-order valence-corrected chi connectivity index (χ0v) is 17.7. The molecule has 0 aliphatic carbocycles. The van der Waals surface area contributed by atoms with Crippen LogP contribution in [0.4, 0.5) is 10.3 Å². The number of piperazine rings is 1. The Labute approximate surface area is 184 Å². The van der Waals surface area contributed by atoms with Crippen LogP contribution in [0, 0.1) is 0 Å². The van der Waals surface area contributed by atoms with E-state index < -0.39 is 5.97 Å². The molecule has 1 aliphatic heterocycles. The fraction of sp³-hybridized carbons (Fsp3) is 0.273. The van der Waals surface area contributed by atoms with Gasteiger partial charge in [-0.05, 0) is 23.3 Å². The number of hydrogen-bond acceptors (Lipinski definition) is 7. The summed E-state index contributed by atoms with van der Waals surface area (Å²) in [7, 11) is 0. The number of carbonyl (C=O) groups excluding carboxylic acids is 1. The van der Waals surface area contributed by atoms with Crippen molar-refractivity contribution in [2.75, 3.05) is 36.4 Å². The van der Waals surface area contributed by atoms with Crippen molar-refractivity contribution in [3.8, 4) is 0 Å². The molecule has 0 atom stereocenters. The largest absolute Gasteiger partial charge is 0.478 e. The van der Waals surface area contributed by atoms with E-state index in [2.05, 4.69) is 25.3 Å². The summed E-state index contributed by atoms with van der Waals surface area (Å²) >= 11 is 1.39. The molecule has 0 radical (unpaired) electrons. The first-order valence-electron chi connectivity index (χ1n) is 10.0. The van der Waals surface area contributed by atoms with Crippen LogP contribution in [0.15, 0.2) is 54.6 Å². The summed E-state index contributed by atoms with van der Waals surface area (Å²) in [5.74, 6) is -1.01. The maximum absolute atomic E-state index is 12.2. The zero-order valence-electron chi connectivity index (χ0n) is 16.9. The number of aromatic nitrogens is 2. The lowest BCUT2D eigenvalue weighted by atomic mass is 10.1. The first kappa shape index (κ1) is 21.0. The van der Waals surface area contributed by atoms with E-state index in [1.54, 1.807) is 12.1 Å². The Bertz CT molecular complexity index is 1030. The maximum Gasteiger partial charge on any atom is 0.335 e. The van der Waals surface area contributed by atoms with Crippen LogP contribution in [0.5, 0.6) is 0 Å². The molecule has 1 aliphatic rings. The number of anilines is 2. The SMILES string of the molecule is O=C(Cc1ccccc1)Nc1nnc(N2CCN(Cc3ccc(C(=O)O)cc3)CC2)s1. The van der Waals surface area contributed by atoms with E-state index in [1.165, 1.54) is 11.3 Å². The van der Waals surface area contributed by atoms with Gasteiger partial charge in [-0.15, -0.1) is 10.2 Å². The van der Waals surface area contributed by atoms with Gasteiger partial charge in [0.25, 0.3) is 0 Å². The summed E-state index contributed by atoms with van der Waals surface area (Å²) in [6, 6.07) is 16.6. The van der Waals surface area contributed by atoms with Gasteiger partial charge in [0.2, 0.25) is 16.2 Å². The summed E-state index contributed by atoms with van der Waals surface area (Å²) in [5.41, 5.74) is 2.35. The van der Waals surface area contributed by atoms with E-state index in [-0.39, 0.29) is 5.91 Å². The maximum atomic E-state index is 12.2. The lowest BCUT2D eigenvalue weighted by Gasteiger charge is -2.34. The van der Waals surface area contributed by atoms with Gasteiger partial charge in [0.1, 0.15) is 0 Å². The van der Waals surface area contributed by atoms with E-state index in [9.17, 15) is 9.59 Å². The molecule has 8 nitrogen and oxygen atoms in total. The van der Waals surface area contributed by atoms with Gasteiger partial charge in [0.15, 0.2) is 0 Å². The van der Waals surface area contributed by atoms with Crippen LogP contribution in [-0.4, -0.2) is 58.3 Å². The number of aromatic carboxylic acids is 1. The molecule has 2 aromatic carbocycles. The Morgan fingerprint density at radius 2 is 1.65 bits per heavy atom. The van der Waals surface area contributed by atoms with Crippen molar-refractivity contribution in [1.82, 2.24) is 15.1 Å². The Hall–Kier alpha value is -3.30. The highest BCUT2D eigenvalue weighted by Gasteiger charge is 2.21. The monoisotopic (exact) mass is 437 g/mol. The number of carboxylic acid groups (broad SMARTS) is 1. The number of carboxylic acids is 1. The van der Waals surface area contributed by atoms with Crippen LogP contribution in [0.2, 0.25) is 0 Å². The number of rotatable bonds is 7. The standard InChI is InChI=1S/C22H23N5O3S/c28-19(14-16-4-2-1-3-5-16)23-21-24-25-22(31-21)27-12-10-26(11-13-27)15-17-6-8-18(9-7-17)20(29)30/h1-9H,10-15H2,(H,29,30)(H,23,24,28). The van der Waals surface area contributed by atoms with Gasteiger partial charge in [-0.3, -0.25) is 9.69 Å². The average Bonchev–Trinajstić information content (AvgIpc) is 3.23. The van der Waals surface area contributed by atoms with Crippen molar-refractivity contribution in [2.24, 2.45) is 0 Å². The third-order valence-corrected chi connectivity index (χ3v) is 6.02. The summed E-state index contributed by atoms with van der Waals surface area (Å²) in [5, 5.41) is 21.5. The van der Waals surface area contributed by atoms with E-state index in [1.807, 2.05) is 42.5 Å². The molecule has 2 N–H and O–H groups in total. The Morgan fingerprint density at radius 1 is 0.935 bits per heavy atom. The molecule has 0 unspecified atom stereocenters. The molecular formula is C22H23N5O3S. The molecule has 4 rings (SSSR count). The molecule has 160 valence electrons. The van der Waals surface area contributed by atoms with Crippen molar-refractivity contribution in [1.29, 1.82) is 0 Å². The zero-order chi connectivity index (χ0) is 21.6. The van der Waals surface area contributed by atoms with Crippen LogP contribution in [0.1, 0.15) is 21.5 Å². The van der Waals surface area contributed by atoms with Crippen LogP contribution in [-0.2, 0) is 17.8 Å². The van der Waals surface area contributed by atoms with Gasteiger partial charge in [-0.2, -0.15) is 0 Å². The normalized spacial score (nSPS) is 14.4. The first-order valence-corrected chi connectivity index (χ1v) is 10.9. The van der Waals surface area contributed by atoms with E-state index in [4.69, 9.17) is 5.11 Å². The smallest absolute Gasteiger partial charge is 0.335 e. The highest BCUT2D eigenvalue weighted by molar-refractivity contribution is 7.19. The summed E-state index contributed by atoms with van der Waals surface area (Å²) in [6.07, 6.45) is 0.307. The summed E-state index contributed by atoms with van der Waals surface area (Å²) in [4.78, 5) is 27.7. The Kier molecular flexibility index (Phi) is 6.54. The van der Waals surface area contributed by atoms with Crippen molar-refractivity contribution in [3.05, 3.63) is 71.3 Å².